The van der Waals surface area contributed by atoms with Gasteiger partial charge in [-0.1, -0.05) is 12.1 Å². The van der Waals surface area contributed by atoms with Gasteiger partial charge < -0.3 is 9.84 Å². The highest BCUT2D eigenvalue weighted by Crippen LogP contribution is 2.20. The molecule has 1 aromatic carbocycles. The van der Waals surface area contributed by atoms with Crippen molar-refractivity contribution in [3.8, 4) is 5.75 Å². The molecular weight excluding hydrogens is 192 g/mol. The molecule has 0 heterocycles. The first-order valence-corrected chi connectivity index (χ1v) is 4.78. The largest absolute Gasteiger partial charge is 0.508 e. The molecular formula is C12H14O3. The predicted molar refractivity (Wildman–Crippen MR) is 58.5 cm³/mol. The predicted octanol–water partition coefficient (Wildman–Crippen LogP) is 2.28. The van der Waals surface area contributed by atoms with Gasteiger partial charge >= 0.3 is 5.97 Å². The second-order valence-electron chi connectivity index (χ2n) is 3.08. The van der Waals surface area contributed by atoms with Crippen molar-refractivity contribution in [3.63, 3.8) is 0 Å². The summed E-state index contributed by atoms with van der Waals surface area (Å²) in [6, 6.07) is 5.16. The Balaban J connectivity index is 2.81. The maximum absolute atomic E-state index is 11.0. The molecule has 0 aliphatic carbocycles. The lowest BCUT2D eigenvalue weighted by atomic mass is 10.1. The molecule has 0 unspecified atom stereocenters. The van der Waals surface area contributed by atoms with Crippen LogP contribution in [0.1, 0.15) is 18.1 Å². The smallest absolute Gasteiger partial charge is 0.330 e. The minimum absolute atomic E-state index is 0.223. The Bertz CT molecular complexity index is 380. The van der Waals surface area contributed by atoms with E-state index in [0.29, 0.717) is 6.61 Å². The molecule has 0 bridgehead atoms. The number of aromatic hydroxyl groups is 1. The van der Waals surface area contributed by atoms with Gasteiger partial charge in [-0.05, 0) is 37.1 Å². The molecule has 1 N–H and O–H groups in total. The molecule has 3 nitrogen and oxygen atoms in total. The lowest BCUT2D eigenvalue weighted by Crippen LogP contribution is -1.98. The van der Waals surface area contributed by atoms with E-state index in [2.05, 4.69) is 0 Å². The van der Waals surface area contributed by atoms with Crippen molar-refractivity contribution in [2.24, 2.45) is 0 Å². The average molecular weight is 206 g/mol. The van der Waals surface area contributed by atoms with Crippen LogP contribution in [0.25, 0.3) is 6.08 Å². The van der Waals surface area contributed by atoms with Crippen LogP contribution in [-0.4, -0.2) is 17.7 Å². The second-order valence-corrected chi connectivity index (χ2v) is 3.08. The summed E-state index contributed by atoms with van der Waals surface area (Å²) >= 11 is 0. The highest BCUT2D eigenvalue weighted by molar-refractivity contribution is 5.87. The molecule has 0 aromatic heterocycles. The van der Waals surface area contributed by atoms with Crippen LogP contribution in [0.2, 0.25) is 0 Å². The molecule has 0 saturated carbocycles. The quantitative estimate of drug-likeness (QED) is 0.609. The zero-order chi connectivity index (χ0) is 11.3. The van der Waals surface area contributed by atoms with Crippen LogP contribution in [0.3, 0.4) is 0 Å². The molecule has 3 heteroatoms. The Morgan fingerprint density at radius 1 is 1.53 bits per heavy atom. The molecule has 0 spiro atoms. The molecule has 0 saturated heterocycles. The zero-order valence-electron chi connectivity index (χ0n) is 8.86. The standard InChI is InChI=1S/C12H14O3/c1-3-15-12(14)8-7-10-5-4-6-11(13)9(10)2/h4-8,13H,3H2,1-2H3/b8-7+. The first kappa shape index (κ1) is 11.3. The molecule has 1 aromatic rings. The Kier molecular flexibility index (Phi) is 3.92. The van der Waals surface area contributed by atoms with Crippen molar-refractivity contribution < 1.29 is 14.6 Å². The van der Waals surface area contributed by atoms with Gasteiger partial charge in [0.15, 0.2) is 0 Å². The fourth-order valence-corrected chi connectivity index (χ4v) is 1.17. The Morgan fingerprint density at radius 3 is 2.93 bits per heavy atom. The normalized spacial score (nSPS) is 10.5. The summed E-state index contributed by atoms with van der Waals surface area (Å²) in [5.74, 6) is -0.152. The van der Waals surface area contributed by atoms with E-state index in [4.69, 9.17) is 4.74 Å². The number of ether oxygens (including phenoxy) is 1. The molecule has 0 atom stereocenters. The number of rotatable bonds is 3. The van der Waals surface area contributed by atoms with Crippen LogP contribution in [0.15, 0.2) is 24.3 Å². The third-order valence-corrected chi connectivity index (χ3v) is 2.03. The highest BCUT2D eigenvalue weighted by atomic mass is 16.5. The van der Waals surface area contributed by atoms with Gasteiger partial charge in [0.1, 0.15) is 5.75 Å². The molecule has 15 heavy (non-hydrogen) atoms. The van der Waals surface area contributed by atoms with Gasteiger partial charge in [0.25, 0.3) is 0 Å². The van der Waals surface area contributed by atoms with Gasteiger partial charge in [0, 0.05) is 6.08 Å². The van der Waals surface area contributed by atoms with Gasteiger partial charge in [-0.3, -0.25) is 0 Å². The zero-order valence-corrected chi connectivity index (χ0v) is 8.86. The highest BCUT2D eigenvalue weighted by Gasteiger charge is 2.00. The SMILES string of the molecule is CCOC(=O)/C=C/c1cccc(O)c1C. The fourth-order valence-electron chi connectivity index (χ4n) is 1.17. The van der Waals surface area contributed by atoms with Crippen LogP contribution in [-0.2, 0) is 9.53 Å². The van der Waals surface area contributed by atoms with Crippen molar-refractivity contribution in [1.82, 2.24) is 0 Å². The minimum atomic E-state index is -0.375. The summed E-state index contributed by atoms with van der Waals surface area (Å²) in [5.41, 5.74) is 1.56. The topological polar surface area (TPSA) is 46.5 Å². The number of hydrogen-bond acceptors (Lipinski definition) is 3. The fraction of sp³-hybridized carbons (Fsp3) is 0.250. The third kappa shape index (κ3) is 3.13. The van der Waals surface area contributed by atoms with Gasteiger partial charge in [0.05, 0.1) is 6.61 Å². The van der Waals surface area contributed by atoms with Crippen LogP contribution in [0.4, 0.5) is 0 Å². The summed E-state index contributed by atoms with van der Waals surface area (Å²) in [7, 11) is 0. The van der Waals surface area contributed by atoms with Gasteiger partial charge in [-0.25, -0.2) is 4.79 Å². The van der Waals surface area contributed by atoms with Gasteiger partial charge in [-0.15, -0.1) is 0 Å². The molecule has 0 radical (unpaired) electrons. The number of hydrogen-bond donors (Lipinski definition) is 1. The lowest BCUT2D eigenvalue weighted by molar-refractivity contribution is -0.137. The first-order chi connectivity index (χ1) is 7.15. The average Bonchev–Trinajstić information content (AvgIpc) is 2.21. The summed E-state index contributed by atoms with van der Waals surface area (Å²) in [5, 5.41) is 9.42. The first-order valence-electron chi connectivity index (χ1n) is 4.78. The van der Waals surface area contributed by atoms with Gasteiger partial charge in [-0.2, -0.15) is 0 Å². The molecule has 80 valence electrons. The van der Waals surface area contributed by atoms with E-state index in [1.807, 2.05) is 6.07 Å². The van der Waals surface area contributed by atoms with E-state index in [1.54, 1.807) is 32.1 Å². The molecule has 0 amide bonds. The monoisotopic (exact) mass is 206 g/mol. The summed E-state index contributed by atoms with van der Waals surface area (Å²) in [6.07, 6.45) is 2.98. The molecule has 0 aliphatic rings. The van der Waals surface area contributed by atoms with E-state index in [0.717, 1.165) is 11.1 Å². The molecule has 0 aliphatic heterocycles. The number of benzene rings is 1. The van der Waals surface area contributed by atoms with Crippen LogP contribution in [0, 0.1) is 6.92 Å². The Labute approximate surface area is 89.0 Å². The number of carbonyl (C=O) groups excluding carboxylic acids is 1. The Morgan fingerprint density at radius 2 is 2.27 bits per heavy atom. The summed E-state index contributed by atoms with van der Waals surface area (Å²) in [4.78, 5) is 11.0. The van der Waals surface area contributed by atoms with E-state index in [9.17, 15) is 9.90 Å². The minimum Gasteiger partial charge on any atom is -0.508 e. The molecule has 1 rings (SSSR count). The second kappa shape index (κ2) is 5.20. The number of phenolic OH excluding ortho intramolecular Hbond substituents is 1. The van der Waals surface area contributed by atoms with E-state index >= 15 is 0 Å². The van der Waals surface area contributed by atoms with Crippen LogP contribution in [0.5, 0.6) is 5.75 Å². The third-order valence-electron chi connectivity index (χ3n) is 2.03. The van der Waals surface area contributed by atoms with E-state index < -0.39 is 0 Å². The van der Waals surface area contributed by atoms with E-state index in [1.165, 1.54) is 6.08 Å². The maximum atomic E-state index is 11.0. The number of esters is 1. The summed E-state index contributed by atoms with van der Waals surface area (Å²) in [6.45, 7) is 3.91. The van der Waals surface area contributed by atoms with Gasteiger partial charge in [0.2, 0.25) is 0 Å². The van der Waals surface area contributed by atoms with E-state index in [-0.39, 0.29) is 11.7 Å². The van der Waals surface area contributed by atoms with Crippen molar-refractivity contribution >= 4 is 12.0 Å². The van der Waals surface area contributed by atoms with Crippen molar-refractivity contribution in [2.75, 3.05) is 6.61 Å². The maximum Gasteiger partial charge on any atom is 0.330 e. The van der Waals surface area contributed by atoms with Crippen molar-refractivity contribution in [1.29, 1.82) is 0 Å². The van der Waals surface area contributed by atoms with Crippen LogP contribution >= 0.6 is 0 Å². The molecule has 0 fully saturated rings. The number of phenols is 1. The number of carbonyl (C=O) groups is 1. The Hall–Kier alpha value is -1.77. The lowest BCUT2D eigenvalue weighted by Gasteiger charge is -2.02. The van der Waals surface area contributed by atoms with Crippen LogP contribution < -0.4 is 0 Å². The van der Waals surface area contributed by atoms with Crippen molar-refractivity contribution in [3.05, 3.63) is 35.4 Å². The summed E-state index contributed by atoms with van der Waals surface area (Å²) < 4.78 is 4.75. The van der Waals surface area contributed by atoms with Crippen molar-refractivity contribution in [2.45, 2.75) is 13.8 Å².